The first-order valence-corrected chi connectivity index (χ1v) is 5.09. The molecule has 1 heterocycles. The second-order valence-electron chi connectivity index (χ2n) is 2.96. The quantitative estimate of drug-likeness (QED) is 0.761. The number of nitrogens with one attached hydrogen (secondary N) is 1. The second kappa shape index (κ2) is 5.00. The summed E-state index contributed by atoms with van der Waals surface area (Å²) in [4.78, 5) is 11.6. The number of hydrogen-bond donors (Lipinski definition) is 1. The predicted molar refractivity (Wildman–Crippen MR) is 55.6 cm³/mol. The van der Waals surface area contributed by atoms with Crippen LogP contribution in [-0.2, 0) is 13.5 Å². The summed E-state index contributed by atoms with van der Waals surface area (Å²) in [5.41, 5.74) is 1.46. The molecule has 0 aliphatic heterocycles. The van der Waals surface area contributed by atoms with Crippen LogP contribution in [0.3, 0.4) is 0 Å². The van der Waals surface area contributed by atoms with E-state index >= 15 is 0 Å². The third-order valence-electron chi connectivity index (χ3n) is 1.86. The third kappa shape index (κ3) is 2.48. The Morgan fingerprint density at radius 3 is 3.00 bits per heavy atom. The number of rotatable bonds is 4. The lowest BCUT2D eigenvalue weighted by Crippen LogP contribution is -2.25. The molecule has 0 saturated carbocycles. The molecular weight excluding hydrogens is 202 g/mol. The summed E-state index contributed by atoms with van der Waals surface area (Å²) in [6.07, 6.45) is 2.48. The van der Waals surface area contributed by atoms with Crippen LogP contribution in [0, 0.1) is 0 Å². The monoisotopic (exact) mass is 215 g/mol. The lowest BCUT2D eigenvalue weighted by Gasteiger charge is -2.00. The topological polar surface area (TPSA) is 46.9 Å². The van der Waals surface area contributed by atoms with Gasteiger partial charge in [0.05, 0.1) is 11.3 Å². The lowest BCUT2D eigenvalue weighted by molar-refractivity contribution is 0.0955. The van der Waals surface area contributed by atoms with E-state index in [0.29, 0.717) is 18.0 Å². The van der Waals surface area contributed by atoms with E-state index in [0.717, 1.165) is 12.1 Å². The Morgan fingerprint density at radius 1 is 1.71 bits per heavy atom. The van der Waals surface area contributed by atoms with E-state index in [9.17, 15) is 4.79 Å². The van der Waals surface area contributed by atoms with Gasteiger partial charge in [-0.2, -0.15) is 5.10 Å². The van der Waals surface area contributed by atoms with E-state index in [1.807, 2.05) is 6.92 Å². The van der Waals surface area contributed by atoms with Gasteiger partial charge in [0.15, 0.2) is 0 Å². The SMILES string of the molecule is CCc1nn(C)cc1C(=O)NCCCl. The number of aryl methyl sites for hydroxylation is 2. The lowest BCUT2D eigenvalue weighted by atomic mass is 10.2. The molecule has 0 saturated heterocycles. The second-order valence-corrected chi connectivity index (χ2v) is 3.34. The standard InChI is InChI=1S/C9H14ClN3O/c1-3-8-7(6-13(2)12-8)9(14)11-5-4-10/h6H,3-5H2,1-2H3,(H,11,14). The molecule has 1 aromatic heterocycles. The predicted octanol–water partition coefficient (Wildman–Crippen LogP) is 0.951. The van der Waals surface area contributed by atoms with Crippen molar-refractivity contribution in [2.45, 2.75) is 13.3 Å². The fourth-order valence-corrected chi connectivity index (χ4v) is 1.34. The van der Waals surface area contributed by atoms with Crippen LogP contribution in [0.4, 0.5) is 0 Å². The number of halogens is 1. The number of alkyl halides is 1. The van der Waals surface area contributed by atoms with E-state index in [-0.39, 0.29) is 5.91 Å². The van der Waals surface area contributed by atoms with Crippen LogP contribution in [0.15, 0.2) is 6.20 Å². The Labute approximate surface area is 88.2 Å². The molecule has 0 aromatic carbocycles. The zero-order valence-electron chi connectivity index (χ0n) is 8.38. The first kappa shape index (κ1) is 11.0. The third-order valence-corrected chi connectivity index (χ3v) is 2.05. The normalized spacial score (nSPS) is 10.2. The smallest absolute Gasteiger partial charge is 0.254 e. The summed E-state index contributed by atoms with van der Waals surface area (Å²) >= 11 is 5.48. The Morgan fingerprint density at radius 2 is 2.43 bits per heavy atom. The molecule has 1 N–H and O–H groups in total. The number of aromatic nitrogens is 2. The molecule has 0 aliphatic rings. The zero-order valence-corrected chi connectivity index (χ0v) is 9.14. The highest BCUT2D eigenvalue weighted by atomic mass is 35.5. The van der Waals surface area contributed by atoms with Gasteiger partial charge in [0.2, 0.25) is 0 Å². The van der Waals surface area contributed by atoms with Gasteiger partial charge in [0.25, 0.3) is 5.91 Å². The molecule has 14 heavy (non-hydrogen) atoms. The Hall–Kier alpha value is -1.03. The summed E-state index contributed by atoms with van der Waals surface area (Å²) in [6.45, 7) is 2.46. The van der Waals surface area contributed by atoms with Crippen LogP contribution in [0.5, 0.6) is 0 Å². The maximum atomic E-state index is 11.6. The van der Waals surface area contributed by atoms with Gasteiger partial charge in [-0.3, -0.25) is 9.48 Å². The minimum Gasteiger partial charge on any atom is -0.351 e. The van der Waals surface area contributed by atoms with Crippen molar-refractivity contribution in [3.63, 3.8) is 0 Å². The summed E-state index contributed by atoms with van der Waals surface area (Å²) < 4.78 is 1.65. The minimum absolute atomic E-state index is 0.101. The number of carbonyl (C=O) groups excluding carboxylic acids is 1. The van der Waals surface area contributed by atoms with Crippen molar-refractivity contribution in [2.75, 3.05) is 12.4 Å². The van der Waals surface area contributed by atoms with E-state index in [2.05, 4.69) is 10.4 Å². The molecule has 1 amide bonds. The van der Waals surface area contributed by atoms with E-state index < -0.39 is 0 Å². The van der Waals surface area contributed by atoms with Crippen molar-refractivity contribution < 1.29 is 4.79 Å². The largest absolute Gasteiger partial charge is 0.351 e. The highest BCUT2D eigenvalue weighted by Crippen LogP contribution is 2.06. The van der Waals surface area contributed by atoms with Gasteiger partial charge in [0, 0.05) is 25.7 Å². The molecule has 0 atom stereocenters. The first-order valence-electron chi connectivity index (χ1n) is 4.55. The van der Waals surface area contributed by atoms with Crippen molar-refractivity contribution in [3.05, 3.63) is 17.5 Å². The molecule has 0 unspecified atom stereocenters. The van der Waals surface area contributed by atoms with Crippen LogP contribution >= 0.6 is 11.6 Å². The van der Waals surface area contributed by atoms with Crippen LogP contribution in [0.2, 0.25) is 0 Å². The molecule has 1 aromatic rings. The molecule has 0 radical (unpaired) electrons. The molecule has 5 heteroatoms. The van der Waals surface area contributed by atoms with E-state index in [4.69, 9.17) is 11.6 Å². The summed E-state index contributed by atoms with van der Waals surface area (Å²) in [7, 11) is 1.80. The van der Waals surface area contributed by atoms with Gasteiger partial charge in [-0.15, -0.1) is 11.6 Å². The molecule has 0 aliphatic carbocycles. The van der Waals surface area contributed by atoms with Crippen molar-refractivity contribution >= 4 is 17.5 Å². The molecule has 1 rings (SSSR count). The molecule has 78 valence electrons. The fourth-order valence-electron chi connectivity index (χ4n) is 1.24. The molecule has 0 spiro atoms. The van der Waals surface area contributed by atoms with E-state index in [1.54, 1.807) is 17.9 Å². The molecular formula is C9H14ClN3O. The van der Waals surface area contributed by atoms with Crippen LogP contribution in [0.1, 0.15) is 23.0 Å². The van der Waals surface area contributed by atoms with Crippen molar-refractivity contribution in [1.82, 2.24) is 15.1 Å². The minimum atomic E-state index is -0.101. The summed E-state index contributed by atoms with van der Waals surface area (Å²) in [5, 5.41) is 6.89. The first-order chi connectivity index (χ1) is 6.69. The fraction of sp³-hybridized carbons (Fsp3) is 0.556. The highest BCUT2D eigenvalue weighted by Gasteiger charge is 2.12. The van der Waals surface area contributed by atoms with Crippen LogP contribution in [0.25, 0.3) is 0 Å². The van der Waals surface area contributed by atoms with Crippen molar-refractivity contribution in [3.8, 4) is 0 Å². The van der Waals surface area contributed by atoms with Crippen molar-refractivity contribution in [1.29, 1.82) is 0 Å². The average Bonchev–Trinajstić information content (AvgIpc) is 2.56. The van der Waals surface area contributed by atoms with Crippen LogP contribution in [-0.4, -0.2) is 28.1 Å². The van der Waals surface area contributed by atoms with Gasteiger partial charge >= 0.3 is 0 Å². The Balaban J connectivity index is 2.77. The number of carbonyl (C=O) groups is 1. The average molecular weight is 216 g/mol. The summed E-state index contributed by atoms with van der Waals surface area (Å²) in [6, 6.07) is 0. The Kier molecular flexibility index (Phi) is 3.95. The highest BCUT2D eigenvalue weighted by molar-refractivity contribution is 6.18. The summed E-state index contributed by atoms with van der Waals surface area (Å²) in [5.74, 6) is 0.323. The van der Waals surface area contributed by atoms with Gasteiger partial charge in [-0.25, -0.2) is 0 Å². The Bertz CT molecular complexity index is 322. The maximum Gasteiger partial charge on any atom is 0.254 e. The van der Waals surface area contributed by atoms with Gasteiger partial charge in [0.1, 0.15) is 0 Å². The van der Waals surface area contributed by atoms with Gasteiger partial charge in [-0.05, 0) is 6.42 Å². The maximum absolute atomic E-state index is 11.6. The number of amides is 1. The zero-order chi connectivity index (χ0) is 10.6. The van der Waals surface area contributed by atoms with Gasteiger partial charge < -0.3 is 5.32 Å². The number of hydrogen-bond acceptors (Lipinski definition) is 2. The van der Waals surface area contributed by atoms with Crippen LogP contribution < -0.4 is 5.32 Å². The molecule has 0 fully saturated rings. The van der Waals surface area contributed by atoms with E-state index in [1.165, 1.54) is 0 Å². The number of nitrogens with zero attached hydrogens (tertiary/aromatic N) is 2. The van der Waals surface area contributed by atoms with Crippen molar-refractivity contribution in [2.24, 2.45) is 7.05 Å². The van der Waals surface area contributed by atoms with Gasteiger partial charge in [-0.1, -0.05) is 6.92 Å². The molecule has 4 nitrogen and oxygen atoms in total. The molecule has 0 bridgehead atoms.